The molecule has 0 aliphatic carbocycles. The van der Waals surface area contributed by atoms with Crippen molar-refractivity contribution in [3.8, 4) is 6.07 Å². The van der Waals surface area contributed by atoms with Crippen molar-refractivity contribution in [2.45, 2.75) is 19.8 Å². The Kier molecular flexibility index (Phi) is 4.45. The minimum Gasteiger partial charge on any atom is -0.204 e. The van der Waals surface area contributed by atoms with Crippen LogP contribution in [0.2, 0.25) is 0 Å². The van der Waals surface area contributed by atoms with E-state index in [9.17, 15) is 8.78 Å². The molecule has 0 spiro atoms. The summed E-state index contributed by atoms with van der Waals surface area (Å²) in [6.07, 6.45) is 1.29. The lowest BCUT2D eigenvalue weighted by atomic mass is 10.1. The van der Waals surface area contributed by atoms with E-state index in [0.717, 1.165) is 18.6 Å². The molecule has 0 unspecified atom stereocenters. The predicted molar refractivity (Wildman–Crippen MR) is 59.7 cm³/mol. The zero-order valence-electron chi connectivity index (χ0n) is 8.73. The summed E-state index contributed by atoms with van der Waals surface area (Å²) in [5.74, 6) is -1.90. The van der Waals surface area contributed by atoms with Crippen molar-refractivity contribution in [3.63, 3.8) is 0 Å². The highest BCUT2D eigenvalue weighted by atomic mass is 35.5. The number of hydrogen-bond donors (Lipinski definition) is 0. The van der Waals surface area contributed by atoms with Gasteiger partial charge in [0.15, 0.2) is 11.6 Å². The van der Waals surface area contributed by atoms with Crippen molar-refractivity contribution < 1.29 is 8.78 Å². The second-order valence-electron chi connectivity index (χ2n) is 3.28. The second-order valence-corrected chi connectivity index (χ2v) is 3.66. The third-order valence-electron chi connectivity index (χ3n) is 2.07. The highest BCUT2D eigenvalue weighted by Crippen LogP contribution is 2.26. The number of benzene rings is 1. The summed E-state index contributed by atoms with van der Waals surface area (Å²) in [6, 6.07) is 5.31. The van der Waals surface area contributed by atoms with Crippen molar-refractivity contribution in [3.05, 3.63) is 41.0 Å². The van der Waals surface area contributed by atoms with Gasteiger partial charge in [-0.2, -0.15) is 5.26 Å². The Labute approximate surface area is 98.0 Å². The first-order valence-electron chi connectivity index (χ1n) is 4.84. The lowest BCUT2D eigenvalue weighted by molar-refractivity contribution is 0.508. The fraction of sp³-hybridized carbons (Fsp3) is 0.250. The minimum absolute atomic E-state index is 0.184. The highest BCUT2D eigenvalue weighted by molar-refractivity contribution is 6.49. The first kappa shape index (κ1) is 12.7. The van der Waals surface area contributed by atoms with Crippen LogP contribution in [0.5, 0.6) is 0 Å². The predicted octanol–water partition coefficient (Wildman–Crippen LogP) is 4.24. The summed E-state index contributed by atoms with van der Waals surface area (Å²) in [7, 11) is 0. The summed E-state index contributed by atoms with van der Waals surface area (Å²) in [4.78, 5) is 0. The molecule has 0 aromatic heterocycles. The van der Waals surface area contributed by atoms with Gasteiger partial charge in [0.2, 0.25) is 0 Å². The molecule has 0 heterocycles. The maximum absolute atomic E-state index is 13.0. The zero-order chi connectivity index (χ0) is 12.1. The van der Waals surface area contributed by atoms with E-state index in [1.165, 1.54) is 6.07 Å². The normalized spacial score (nSPS) is 11.9. The average molecular weight is 242 g/mol. The Bertz CT molecular complexity index is 461. The maximum Gasteiger partial charge on any atom is 0.159 e. The van der Waals surface area contributed by atoms with Crippen LogP contribution in [0.4, 0.5) is 8.78 Å². The summed E-state index contributed by atoms with van der Waals surface area (Å²) in [5.41, 5.74) is 0.709. The van der Waals surface area contributed by atoms with E-state index >= 15 is 0 Å². The molecule has 0 fully saturated rings. The topological polar surface area (TPSA) is 23.8 Å². The van der Waals surface area contributed by atoms with Gasteiger partial charge in [0.25, 0.3) is 0 Å². The first-order chi connectivity index (χ1) is 7.60. The fourth-order valence-electron chi connectivity index (χ4n) is 1.27. The molecule has 84 valence electrons. The number of nitriles is 1. The third-order valence-corrected chi connectivity index (χ3v) is 2.52. The molecule has 0 atom stereocenters. The van der Waals surface area contributed by atoms with Crippen LogP contribution >= 0.6 is 11.6 Å². The van der Waals surface area contributed by atoms with Gasteiger partial charge in [-0.15, -0.1) is 0 Å². The van der Waals surface area contributed by atoms with Gasteiger partial charge in [-0.25, -0.2) is 8.78 Å². The molecular formula is C12H10ClF2N. The van der Waals surface area contributed by atoms with E-state index in [-0.39, 0.29) is 5.03 Å². The molecule has 0 bridgehead atoms. The molecule has 0 N–H and O–H groups in total. The van der Waals surface area contributed by atoms with Crippen molar-refractivity contribution in [1.82, 2.24) is 0 Å². The summed E-state index contributed by atoms with van der Waals surface area (Å²) < 4.78 is 25.6. The molecule has 16 heavy (non-hydrogen) atoms. The molecular weight excluding hydrogens is 232 g/mol. The van der Waals surface area contributed by atoms with E-state index in [1.807, 2.05) is 13.0 Å². The Morgan fingerprint density at radius 1 is 1.38 bits per heavy atom. The second kappa shape index (κ2) is 5.62. The Morgan fingerprint density at radius 3 is 2.56 bits per heavy atom. The third kappa shape index (κ3) is 2.80. The van der Waals surface area contributed by atoms with E-state index in [4.69, 9.17) is 16.9 Å². The Balaban J connectivity index is 3.17. The number of allylic oxidation sites excluding steroid dienone is 1. The lowest BCUT2D eigenvalue weighted by Crippen LogP contribution is -1.89. The number of nitrogens with zero attached hydrogens (tertiary/aromatic N) is 1. The summed E-state index contributed by atoms with van der Waals surface area (Å²) in [6.45, 7) is 1.91. The number of rotatable bonds is 3. The van der Waals surface area contributed by atoms with E-state index in [0.29, 0.717) is 17.6 Å². The monoisotopic (exact) mass is 241 g/mol. The highest BCUT2D eigenvalue weighted by Gasteiger charge is 2.09. The average Bonchev–Trinajstić information content (AvgIpc) is 2.28. The van der Waals surface area contributed by atoms with Gasteiger partial charge in [-0.3, -0.25) is 0 Å². The Morgan fingerprint density at radius 2 is 2.06 bits per heavy atom. The molecule has 0 saturated carbocycles. The minimum atomic E-state index is -0.968. The van der Waals surface area contributed by atoms with Crippen LogP contribution in [0.15, 0.2) is 23.8 Å². The summed E-state index contributed by atoms with van der Waals surface area (Å²) in [5, 5.41) is 9.04. The van der Waals surface area contributed by atoms with Gasteiger partial charge in [0.1, 0.15) is 0 Å². The van der Waals surface area contributed by atoms with Crippen molar-refractivity contribution in [2.24, 2.45) is 0 Å². The van der Waals surface area contributed by atoms with Gasteiger partial charge in [-0.05, 0) is 24.1 Å². The molecule has 4 heteroatoms. The molecule has 0 amide bonds. The van der Waals surface area contributed by atoms with Crippen LogP contribution in [0.3, 0.4) is 0 Å². The SMILES string of the molecule is CCCC(C#N)=C(Cl)c1ccc(F)c(F)c1. The van der Waals surface area contributed by atoms with Crippen LogP contribution in [-0.4, -0.2) is 0 Å². The fourth-order valence-corrected chi connectivity index (χ4v) is 1.53. The van der Waals surface area contributed by atoms with Gasteiger partial charge in [0.05, 0.1) is 11.1 Å². The Hall–Kier alpha value is -1.40. The first-order valence-corrected chi connectivity index (χ1v) is 5.22. The van der Waals surface area contributed by atoms with Crippen molar-refractivity contribution >= 4 is 16.6 Å². The lowest BCUT2D eigenvalue weighted by Gasteiger charge is -2.03. The molecule has 0 radical (unpaired) electrons. The molecule has 0 aliphatic heterocycles. The smallest absolute Gasteiger partial charge is 0.159 e. The number of hydrogen-bond acceptors (Lipinski definition) is 1. The quantitative estimate of drug-likeness (QED) is 0.726. The van der Waals surface area contributed by atoms with E-state index in [2.05, 4.69) is 0 Å². The molecule has 1 aromatic carbocycles. The molecule has 0 saturated heterocycles. The van der Waals surface area contributed by atoms with E-state index in [1.54, 1.807) is 0 Å². The van der Waals surface area contributed by atoms with E-state index < -0.39 is 11.6 Å². The van der Waals surface area contributed by atoms with Gasteiger partial charge in [0, 0.05) is 5.57 Å². The largest absolute Gasteiger partial charge is 0.204 e. The van der Waals surface area contributed by atoms with Crippen molar-refractivity contribution in [2.75, 3.05) is 0 Å². The van der Waals surface area contributed by atoms with Gasteiger partial charge >= 0.3 is 0 Å². The number of halogens is 3. The zero-order valence-corrected chi connectivity index (χ0v) is 9.48. The van der Waals surface area contributed by atoms with Gasteiger partial charge < -0.3 is 0 Å². The standard InChI is InChI=1S/C12H10ClF2N/c1-2-3-9(7-16)12(13)8-4-5-10(14)11(15)6-8/h4-6H,2-3H2,1H3. The van der Waals surface area contributed by atoms with Crippen LogP contribution in [0, 0.1) is 23.0 Å². The molecule has 1 rings (SSSR count). The van der Waals surface area contributed by atoms with Crippen LogP contribution in [0.1, 0.15) is 25.3 Å². The molecule has 1 nitrogen and oxygen atoms in total. The maximum atomic E-state index is 13.0. The molecule has 0 aliphatic rings. The van der Waals surface area contributed by atoms with Crippen molar-refractivity contribution in [1.29, 1.82) is 5.26 Å². The molecule has 1 aromatic rings. The van der Waals surface area contributed by atoms with Gasteiger partial charge in [-0.1, -0.05) is 31.0 Å². The van der Waals surface area contributed by atoms with Crippen LogP contribution in [0.25, 0.3) is 5.03 Å². The van der Waals surface area contributed by atoms with Crippen LogP contribution in [-0.2, 0) is 0 Å². The van der Waals surface area contributed by atoms with Crippen LogP contribution < -0.4 is 0 Å². The summed E-state index contributed by atoms with van der Waals surface area (Å²) >= 11 is 5.94.